The normalized spacial score (nSPS) is 20.7. The summed E-state index contributed by atoms with van der Waals surface area (Å²) in [7, 11) is 0. The Morgan fingerprint density at radius 3 is 3.12 bits per heavy atom. The van der Waals surface area contributed by atoms with Crippen LogP contribution in [-0.2, 0) is 0 Å². The lowest BCUT2D eigenvalue weighted by Crippen LogP contribution is -2.43. The Bertz CT molecular complexity index is 356. The van der Waals surface area contributed by atoms with E-state index in [1.54, 1.807) is 0 Å². The van der Waals surface area contributed by atoms with E-state index in [1.807, 2.05) is 18.4 Å². The number of piperidine rings is 1. The van der Waals surface area contributed by atoms with Crippen LogP contribution in [0.1, 0.15) is 34.5 Å². The molecular weight excluding hydrogens is 220 g/mol. The first kappa shape index (κ1) is 11.6. The number of hydrogen-bond donors (Lipinski definition) is 2. The lowest BCUT2D eigenvalue weighted by molar-refractivity contribution is 0.0951. The highest BCUT2D eigenvalue weighted by Gasteiger charge is 2.15. The highest BCUT2D eigenvalue weighted by Crippen LogP contribution is 2.15. The molecule has 0 spiro atoms. The van der Waals surface area contributed by atoms with Crippen molar-refractivity contribution >= 4 is 17.2 Å². The zero-order valence-corrected chi connectivity index (χ0v) is 10.4. The van der Waals surface area contributed by atoms with Gasteiger partial charge in [-0.1, -0.05) is 6.42 Å². The Balaban J connectivity index is 1.81. The summed E-state index contributed by atoms with van der Waals surface area (Å²) in [4.78, 5) is 12.7. The van der Waals surface area contributed by atoms with Gasteiger partial charge in [0.05, 0.1) is 4.88 Å². The van der Waals surface area contributed by atoms with Crippen LogP contribution in [0.4, 0.5) is 0 Å². The van der Waals surface area contributed by atoms with Crippen molar-refractivity contribution in [3.05, 3.63) is 21.9 Å². The van der Waals surface area contributed by atoms with Gasteiger partial charge in [-0.3, -0.25) is 4.79 Å². The quantitative estimate of drug-likeness (QED) is 0.845. The molecule has 1 aromatic heterocycles. The van der Waals surface area contributed by atoms with Crippen molar-refractivity contribution in [2.75, 3.05) is 13.1 Å². The van der Waals surface area contributed by atoms with Gasteiger partial charge in [0.25, 0.3) is 5.91 Å². The van der Waals surface area contributed by atoms with Crippen LogP contribution in [0.15, 0.2) is 11.4 Å². The molecule has 1 atom stereocenters. The Morgan fingerprint density at radius 1 is 1.62 bits per heavy atom. The number of amides is 1. The molecule has 1 amide bonds. The molecule has 1 aliphatic rings. The number of aryl methyl sites for hydroxylation is 1. The molecule has 0 bridgehead atoms. The van der Waals surface area contributed by atoms with Crippen LogP contribution in [0.3, 0.4) is 0 Å². The Morgan fingerprint density at radius 2 is 2.50 bits per heavy atom. The summed E-state index contributed by atoms with van der Waals surface area (Å²) >= 11 is 1.51. The maximum atomic E-state index is 11.8. The summed E-state index contributed by atoms with van der Waals surface area (Å²) in [6.45, 7) is 3.80. The van der Waals surface area contributed by atoms with Crippen LogP contribution in [0.5, 0.6) is 0 Å². The predicted molar refractivity (Wildman–Crippen MR) is 67.0 cm³/mol. The summed E-state index contributed by atoms with van der Waals surface area (Å²) < 4.78 is 0. The van der Waals surface area contributed by atoms with Gasteiger partial charge < -0.3 is 10.6 Å². The molecule has 0 saturated carbocycles. The fourth-order valence-corrected chi connectivity index (χ4v) is 2.84. The van der Waals surface area contributed by atoms with E-state index in [0.29, 0.717) is 6.04 Å². The second-order valence-electron chi connectivity index (χ2n) is 4.29. The maximum absolute atomic E-state index is 11.8. The molecule has 0 aliphatic carbocycles. The first-order valence-electron chi connectivity index (χ1n) is 5.83. The van der Waals surface area contributed by atoms with Crippen molar-refractivity contribution in [1.29, 1.82) is 0 Å². The molecule has 2 rings (SSSR count). The standard InChI is InChI=1S/C12H18N2OS/c1-9-5-7-16-11(9)12(15)14-8-10-4-2-3-6-13-10/h5,7,10,13H,2-4,6,8H2,1H3,(H,14,15)/t10-/m1/s1. The average molecular weight is 238 g/mol. The number of carbonyl (C=O) groups is 1. The summed E-state index contributed by atoms with van der Waals surface area (Å²) in [6.07, 6.45) is 3.70. The molecule has 4 heteroatoms. The van der Waals surface area contributed by atoms with Crippen LogP contribution in [-0.4, -0.2) is 25.0 Å². The van der Waals surface area contributed by atoms with Crippen LogP contribution >= 0.6 is 11.3 Å². The fraction of sp³-hybridized carbons (Fsp3) is 0.583. The Labute approximate surface area is 100 Å². The van der Waals surface area contributed by atoms with Gasteiger partial charge in [-0.25, -0.2) is 0 Å². The van der Waals surface area contributed by atoms with Crippen LogP contribution in [0, 0.1) is 6.92 Å². The van der Waals surface area contributed by atoms with Crippen molar-refractivity contribution in [2.45, 2.75) is 32.2 Å². The number of rotatable bonds is 3. The Hall–Kier alpha value is -0.870. The summed E-state index contributed by atoms with van der Waals surface area (Å²) in [5, 5.41) is 8.39. The molecule has 1 aliphatic heterocycles. The van der Waals surface area contributed by atoms with E-state index in [-0.39, 0.29) is 5.91 Å². The van der Waals surface area contributed by atoms with E-state index in [0.717, 1.165) is 23.5 Å². The molecule has 1 fully saturated rings. The molecular formula is C12H18N2OS. The van der Waals surface area contributed by atoms with Crippen LogP contribution in [0.25, 0.3) is 0 Å². The molecule has 1 aromatic rings. The topological polar surface area (TPSA) is 41.1 Å². The van der Waals surface area contributed by atoms with Crippen LogP contribution in [0.2, 0.25) is 0 Å². The highest BCUT2D eigenvalue weighted by atomic mass is 32.1. The Kier molecular flexibility index (Phi) is 3.96. The molecule has 0 unspecified atom stereocenters. The minimum Gasteiger partial charge on any atom is -0.350 e. The molecule has 88 valence electrons. The molecule has 1 saturated heterocycles. The third-order valence-corrected chi connectivity index (χ3v) is 4.00. The second kappa shape index (κ2) is 5.46. The predicted octanol–water partition coefficient (Wildman–Crippen LogP) is 1.93. The minimum absolute atomic E-state index is 0.0693. The third kappa shape index (κ3) is 2.83. The number of carbonyl (C=O) groups excluding carboxylic acids is 1. The molecule has 0 aromatic carbocycles. The van der Waals surface area contributed by atoms with E-state index >= 15 is 0 Å². The van der Waals surface area contributed by atoms with Gasteiger partial charge in [0.15, 0.2) is 0 Å². The molecule has 16 heavy (non-hydrogen) atoms. The third-order valence-electron chi connectivity index (χ3n) is 2.99. The molecule has 2 N–H and O–H groups in total. The van der Waals surface area contributed by atoms with E-state index < -0.39 is 0 Å². The van der Waals surface area contributed by atoms with Gasteiger partial charge in [0.2, 0.25) is 0 Å². The van der Waals surface area contributed by atoms with Gasteiger partial charge in [-0.15, -0.1) is 11.3 Å². The van der Waals surface area contributed by atoms with E-state index in [1.165, 1.54) is 30.6 Å². The van der Waals surface area contributed by atoms with E-state index in [4.69, 9.17) is 0 Å². The fourth-order valence-electron chi connectivity index (χ4n) is 2.00. The number of thiophene rings is 1. The first-order chi connectivity index (χ1) is 7.77. The van der Waals surface area contributed by atoms with Gasteiger partial charge in [-0.2, -0.15) is 0 Å². The van der Waals surface area contributed by atoms with Gasteiger partial charge in [0, 0.05) is 12.6 Å². The zero-order valence-electron chi connectivity index (χ0n) is 9.58. The number of nitrogens with one attached hydrogen (secondary N) is 2. The largest absolute Gasteiger partial charge is 0.350 e. The van der Waals surface area contributed by atoms with E-state index in [2.05, 4.69) is 10.6 Å². The highest BCUT2D eigenvalue weighted by molar-refractivity contribution is 7.12. The average Bonchev–Trinajstić information content (AvgIpc) is 2.74. The smallest absolute Gasteiger partial charge is 0.261 e. The van der Waals surface area contributed by atoms with Gasteiger partial charge >= 0.3 is 0 Å². The molecule has 0 radical (unpaired) electrons. The monoisotopic (exact) mass is 238 g/mol. The van der Waals surface area contributed by atoms with Crippen molar-refractivity contribution in [1.82, 2.24) is 10.6 Å². The lowest BCUT2D eigenvalue weighted by atomic mass is 10.1. The minimum atomic E-state index is 0.0693. The number of hydrogen-bond acceptors (Lipinski definition) is 3. The van der Waals surface area contributed by atoms with Crippen molar-refractivity contribution in [2.24, 2.45) is 0 Å². The maximum Gasteiger partial charge on any atom is 0.261 e. The van der Waals surface area contributed by atoms with Crippen molar-refractivity contribution in [3.63, 3.8) is 0 Å². The second-order valence-corrected chi connectivity index (χ2v) is 5.21. The van der Waals surface area contributed by atoms with Gasteiger partial charge in [0.1, 0.15) is 0 Å². The van der Waals surface area contributed by atoms with Crippen LogP contribution < -0.4 is 10.6 Å². The van der Waals surface area contributed by atoms with Gasteiger partial charge in [-0.05, 0) is 43.3 Å². The van der Waals surface area contributed by atoms with Crippen molar-refractivity contribution in [3.8, 4) is 0 Å². The SMILES string of the molecule is Cc1ccsc1C(=O)NC[C@H]1CCCCN1. The summed E-state index contributed by atoms with van der Waals surface area (Å²) in [5.41, 5.74) is 1.07. The first-order valence-corrected chi connectivity index (χ1v) is 6.71. The van der Waals surface area contributed by atoms with Crippen molar-refractivity contribution < 1.29 is 4.79 Å². The molecule has 3 nitrogen and oxygen atoms in total. The molecule has 2 heterocycles. The zero-order chi connectivity index (χ0) is 11.4. The summed E-state index contributed by atoms with van der Waals surface area (Å²) in [6, 6.07) is 2.44. The lowest BCUT2D eigenvalue weighted by Gasteiger charge is -2.23. The van der Waals surface area contributed by atoms with E-state index in [9.17, 15) is 4.79 Å². The summed E-state index contributed by atoms with van der Waals surface area (Å²) in [5.74, 6) is 0.0693.